The zero-order chi connectivity index (χ0) is 10.6. The Kier molecular flexibility index (Phi) is 6.20. The van der Waals surface area contributed by atoms with Gasteiger partial charge in [-0.3, -0.25) is 4.79 Å². The van der Waals surface area contributed by atoms with Crippen LogP contribution in [0.4, 0.5) is 5.69 Å². The van der Waals surface area contributed by atoms with Crippen LogP contribution in [0.1, 0.15) is 13.8 Å². The van der Waals surface area contributed by atoms with Gasteiger partial charge in [-0.05, 0) is 36.9 Å². The smallest absolute Gasteiger partial charge is 0.190 e. The van der Waals surface area contributed by atoms with Gasteiger partial charge in [-0.25, -0.2) is 0 Å². The fraction of sp³-hybridized carbons (Fsp3) is 0.300. The summed E-state index contributed by atoms with van der Waals surface area (Å²) in [4.78, 5) is 11.7. The number of nitrogens with two attached hydrogens (primary N) is 1. The molecule has 0 radical (unpaired) electrons. The van der Waals surface area contributed by atoms with Crippen LogP contribution >= 0.6 is 24.2 Å². The molecule has 0 unspecified atom stereocenters. The number of benzene rings is 1. The fourth-order valence-corrected chi connectivity index (χ4v) is 1.69. The van der Waals surface area contributed by atoms with Crippen molar-refractivity contribution in [3.05, 3.63) is 18.2 Å². The molecule has 0 bridgehead atoms. The number of halogens is 1. The first-order chi connectivity index (χ1) is 6.63. The Hall–Kier alpha value is -0.870. The number of rotatable bonds is 3. The minimum atomic E-state index is 0. The summed E-state index contributed by atoms with van der Waals surface area (Å²) in [5.41, 5.74) is 6.31. The van der Waals surface area contributed by atoms with E-state index in [1.807, 2.05) is 6.92 Å². The lowest BCUT2D eigenvalue weighted by atomic mass is 10.3. The second kappa shape index (κ2) is 6.58. The summed E-state index contributed by atoms with van der Waals surface area (Å²) in [6.07, 6.45) is 0. The molecule has 15 heavy (non-hydrogen) atoms. The highest BCUT2D eigenvalue weighted by atomic mass is 35.5. The summed E-state index contributed by atoms with van der Waals surface area (Å²) in [5, 5.41) is 0.0188. The van der Waals surface area contributed by atoms with Gasteiger partial charge in [-0.15, -0.1) is 12.4 Å². The lowest BCUT2D eigenvalue weighted by Crippen LogP contribution is -1.95. The van der Waals surface area contributed by atoms with E-state index in [-0.39, 0.29) is 17.5 Å². The first-order valence-corrected chi connectivity index (χ1v) is 5.16. The third-order valence-electron chi connectivity index (χ3n) is 1.55. The van der Waals surface area contributed by atoms with Crippen molar-refractivity contribution in [2.75, 3.05) is 12.3 Å². The number of ether oxygens (including phenoxy) is 1. The molecule has 0 saturated heterocycles. The molecule has 0 aliphatic rings. The van der Waals surface area contributed by atoms with E-state index in [0.29, 0.717) is 12.3 Å². The summed E-state index contributed by atoms with van der Waals surface area (Å²) < 4.78 is 5.30. The van der Waals surface area contributed by atoms with Crippen LogP contribution in [0.3, 0.4) is 0 Å². The first kappa shape index (κ1) is 14.1. The van der Waals surface area contributed by atoms with Gasteiger partial charge in [-0.1, -0.05) is 0 Å². The summed E-state index contributed by atoms with van der Waals surface area (Å²) in [6.45, 7) is 4.03. The van der Waals surface area contributed by atoms with Crippen LogP contribution in [0.2, 0.25) is 0 Å². The molecule has 0 amide bonds. The van der Waals surface area contributed by atoms with Crippen molar-refractivity contribution in [1.29, 1.82) is 0 Å². The van der Waals surface area contributed by atoms with Crippen LogP contribution in [0.15, 0.2) is 23.1 Å². The van der Waals surface area contributed by atoms with Crippen molar-refractivity contribution in [1.82, 2.24) is 0 Å². The Morgan fingerprint density at radius 2 is 2.20 bits per heavy atom. The predicted octanol–water partition coefficient (Wildman–Crippen LogP) is 2.73. The molecule has 84 valence electrons. The van der Waals surface area contributed by atoms with Crippen molar-refractivity contribution < 1.29 is 9.53 Å². The van der Waals surface area contributed by atoms with E-state index in [4.69, 9.17) is 10.5 Å². The number of hydrogen-bond donors (Lipinski definition) is 1. The molecule has 1 aromatic rings. The van der Waals surface area contributed by atoms with Crippen LogP contribution in [-0.2, 0) is 4.79 Å². The van der Waals surface area contributed by atoms with Gasteiger partial charge in [-0.2, -0.15) is 0 Å². The molecule has 1 rings (SSSR count). The normalized spacial score (nSPS) is 9.20. The van der Waals surface area contributed by atoms with Gasteiger partial charge in [0.1, 0.15) is 5.75 Å². The third kappa shape index (κ3) is 4.44. The molecule has 0 spiro atoms. The molecule has 5 heteroatoms. The molecule has 1 aromatic carbocycles. The van der Waals surface area contributed by atoms with Crippen molar-refractivity contribution in [2.24, 2.45) is 0 Å². The van der Waals surface area contributed by atoms with E-state index in [2.05, 4.69) is 0 Å². The van der Waals surface area contributed by atoms with E-state index in [1.165, 1.54) is 6.92 Å². The molecule has 2 N–H and O–H groups in total. The predicted molar refractivity (Wildman–Crippen MR) is 65.8 cm³/mol. The number of carbonyl (C=O) groups excluding carboxylic acids is 1. The molecule has 0 aliphatic heterocycles. The highest BCUT2D eigenvalue weighted by molar-refractivity contribution is 8.13. The van der Waals surface area contributed by atoms with Crippen molar-refractivity contribution in [2.45, 2.75) is 18.7 Å². The van der Waals surface area contributed by atoms with Crippen molar-refractivity contribution in [3.63, 3.8) is 0 Å². The molecular weight excluding hydrogens is 234 g/mol. The van der Waals surface area contributed by atoms with Gasteiger partial charge < -0.3 is 10.5 Å². The number of nitrogen functional groups attached to an aromatic ring is 1. The largest absolute Gasteiger partial charge is 0.494 e. The molecular formula is C10H14ClNO2S. The number of hydrogen-bond acceptors (Lipinski definition) is 4. The van der Waals surface area contributed by atoms with E-state index in [1.54, 1.807) is 18.2 Å². The molecule has 0 aliphatic carbocycles. The second-order valence-electron chi connectivity index (χ2n) is 2.73. The van der Waals surface area contributed by atoms with E-state index >= 15 is 0 Å². The Morgan fingerprint density at radius 1 is 1.53 bits per heavy atom. The first-order valence-electron chi connectivity index (χ1n) is 4.34. The SMILES string of the molecule is CCOc1ccc(N)c(SC(C)=O)c1.Cl. The highest BCUT2D eigenvalue weighted by Crippen LogP contribution is 2.29. The zero-order valence-electron chi connectivity index (χ0n) is 8.65. The number of anilines is 1. The fourth-order valence-electron chi connectivity index (χ4n) is 1.01. The number of carbonyl (C=O) groups is 1. The van der Waals surface area contributed by atoms with E-state index in [0.717, 1.165) is 22.4 Å². The topological polar surface area (TPSA) is 52.3 Å². The van der Waals surface area contributed by atoms with Crippen molar-refractivity contribution >= 4 is 35.0 Å². The van der Waals surface area contributed by atoms with Crippen LogP contribution in [0.5, 0.6) is 5.75 Å². The summed E-state index contributed by atoms with van der Waals surface area (Å²) in [6, 6.07) is 5.32. The van der Waals surface area contributed by atoms with Gasteiger partial charge in [0.2, 0.25) is 0 Å². The maximum absolute atomic E-state index is 10.9. The average molecular weight is 248 g/mol. The maximum Gasteiger partial charge on any atom is 0.190 e. The van der Waals surface area contributed by atoms with Gasteiger partial charge in [0.15, 0.2) is 5.12 Å². The highest BCUT2D eigenvalue weighted by Gasteiger charge is 2.05. The average Bonchev–Trinajstić information content (AvgIpc) is 2.10. The minimum Gasteiger partial charge on any atom is -0.494 e. The quantitative estimate of drug-likeness (QED) is 0.659. The number of thioether (sulfide) groups is 1. The lowest BCUT2D eigenvalue weighted by Gasteiger charge is -2.07. The molecule has 0 atom stereocenters. The van der Waals surface area contributed by atoms with Gasteiger partial charge in [0.05, 0.1) is 6.61 Å². The molecule has 0 heterocycles. The third-order valence-corrected chi connectivity index (χ3v) is 2.41. The summed E-state index contributed by atoms with van der Waals surface area (Å²) in [5.74, 6) is 0.741. The monoisotopic (exact) mass is 247 g/mol. The van der Waals surface area contributed by atoms with Crippen LogP contribution in [-0.4, -0.2) is 11.7 Å². The van der Waals surface area contributed by atoms with E-state index < -0.39 is 0 Å². The Balaban J connectivity index is 0.00000196. The lowest BCUT2D eigenvalue weighted by molar-refractivity contribution is -0.109. The van der Waals surface area contributed by atoms with Gasteiger partial charge in [0.25, 0.3) is 0 Å². The summed E-state index contributed by atoms with van der Waals surface area (Å²) >= 11 is 1.12. The van der Waals surface area contributed by atoms with Gasteiger partial charge in [0, 0.05) is 17.5 Å². The van der Waals surface area contributed by atoms with Crippen LogP contribution in [0, 0.1) is 0 Å². The molecule has 0 saturated carbocycles. The summed E-state index contributed by atoms with van der Waals surface area (Å²) in [7, 11) is 0. The second-order valence-corrected chi connectivity index (χ2v) is 3.95. The maximum atomic E-state index is 10.9. The Bertz CT molecular complexity index is 344. The molecule has 0 fully saturated rings. The van der Waals surface area contributed by atoms with E-state index in [9.17, 15) is 4.79 Å². The Labute approximate surface area is 99.8 Å². The van der Waals surface area contributed by atoms with Gasteiger partial charge >= 0.3 is 0 Å². The standard InChI is InChI=1S/C10H13NO2S.ClH/c1-3-13-8-4-5-9(11)10(6-8)14-7(2)12;/h4-6H,3,11H2,1-2H3;1H. The van der Waals surface area contributed by atoms with Crippen LogP contribution < -0.4 is 10.5 Å². The van der Waals surface area contributed by atoms with Crippen molar-refractivity contribution in [3.8, 4) is 5.75 Å². The molecule has 0 aromatic heterocycles. The molecule has 3 nitrogen and oxygen atoms in total. The van der Waals surface area contributed by atoms with Crippen LogP contribution in [0.25, 0.3) is 0 Å². The Morgan fingerprint density at radius 3 is 2.73 bits per heavy atom. The zero-order valence-corrected chi connectivity index (χ0v) is 10.3. The minimum absolute atomic E-state index is 0.